The van der Waals surface area contributed by atoms with Crippen LogP contribution in [0.1, 0.15) is 39.1 Å². The Labute approximate surface area is 151 Å². The van der Waals surface area contributed by atoms with Crippen molar-refractivity contribution in [1.29, 1.82) is 0 Å². The largest absolute Gasteiger partial charge is 0.496 e. The van der Waals surface area contributed by atoms with Crippen LogP contribution >= 0.6 is 0 Å². The number of rotatable bonds is 3. The number of ether oxygens (including phenoxy) is 1. The molecule has 1 aromatic carbocycles. The molecule has 1 atom stereocenters. The van der Waals surface area contributed by atoms with Gasteiger partial charge in [0.25, 0.3) is 5.91 Å². The summed E-state index contributed by atoms with van der Waals surface area (Å²) in [6.45, 7) is 4.41. The van der Waals surface area contributed by atoms with Gasteiger partial charge in [0.05, 0.1) is 18.4 Å². The van der Waals surface area contributed by atoms with E-state index in [2.05, 4.69) is 25.5 Å². The van der Waals surface area contributed by atoms with Gasteiger partial charge in [-0.1, -0.05) is 18.2 Å². The van der Waals surface area contributed by atoms with Gasteiger partial charge in [-0.15, -0.1) is 0 Å². The molecule has 134 valence electrons. The van der Waals surface area contributed by atoms with E-state index in [1.165, 1.54) is 0 Å². The van der Waals surface area contributed by atoms with Gasteiger partial charge in [0.1, 0.15) is 17.3 Å². The number of aromatic amines is 2. The number of aryl methyl sites for hydroxylation is 2. The molecule has 0 bridgehead atoms. The standard InChI is InChI=1S/C19H21N5O2/c1-10-16(11(2)24-23-10)18-21-14-8-12(9-20-19(25)17(14)22-18)13-6-4-5-7-15(13)26-3/h4-7,12H,8-9H2,1-3H3,(H,20,25)(H,21,22)(H,23,24)/t12-/m0/s1. The van der Waals surface area contributed by atoms with Crippen LogP contribution in [-0.2, 0) is 6.42 Å². The van der Waals surface area contributed by atoms with Gasteiger partial charge >= 0.3 is 0 Å². The Bertz CT molecular complexity index is 953. The zero-order valence-corrected chi connectivity index (χ0v) is 15.0. The summed E-state index contributed by atoms with van der Waals surface area (Å²) in [6.07, 6.45) is 0.678. The van der Waals surface area contributed by atoms with Crippen LogP contribution in [0.4, 0.5) is 0 Å². The van der Waals surface area contributed by atoms with Crippen LogP contribution in [0.3, 0.4) is 0 Å². The molecule has 1 aliphatic heterocycles. The SMILES string of the molecule is COc1ccccc1[C@@H]1CNC(=O)c2nc(-c3c(C)n[nH]c3C)[nH]c2C1. The summed E-state index contributed by atoms with van der Waals surface area (Å²) in [5.74, 6) is 1.46. The first kappa shape index (κ1) is 16.4. The molecule has 0 unspecified atom stereocenters. The molecule has 3 aromatic rings. The van der Waals surface area contributed by atoms with E-state index in [9.17, 15) is 4.79 Å². The fourth-order valence-electron chi connectivity index (χ4n) is 3.60. The zero-order valence-electron chi connectivity index (χ0n) is 15.0. The van der Waals surface area contributed by atoms with Gasteiger partial charge in [-0.3, -0.25) is 9.89 Å². The van der Waals surface area contributed by atoms with Crippen molar-refractivity contribution in [3.05, 3.63) is 52.6 Å². The Kier molecular flexibility index (Phi) is 3.99. The number of benzene rings is 1. The first-order chi connectivity index (χ1) is 12.6. The molecule has 0 saturated carbocycles. The minimum atomic E-state index is -0.154. The molecular formula is C19H21N5O2. The molecule has 0 spiro atoms. The van der Waals surface area contributed by atoms with E-state index in [1.807, 2.05) is 38.1 Å². The fourth-order valence-corrected chi connectivity index (χ4v) is 3.60. The Morgan fingerprint density at radius 1 is 1.23 bits per heavy atom. The maximum Gasteiger partial charge on any atom is 0.271 e. The lowest BCUT2D eigenvalue weighted by Gasteiger charge is -2.17. The lowest BCUT2D eigenvalue weighted by atomic mass is 9.93. The number of methoxy groups -OCH3 is 1. The van der Waals surface area contributed by atoms with Crippen LogP contribution < -0.4 is 10.1 Å². The van der Waals surface area contributed by atoms with Crippen LogP contribution in [0.15, 0.2) is 24.3 Å². The molecule has 7 heteroatoms. The summed E-state index contributed by atoms with van der Waals surface area (Å²) >= 11 is 0. The van der Waals surface area contributed by atoms with Gasteiger partial charge in [-0.25, -0.2) is 4.98 Å². The summed E-state index contributed by atoms with van der Waals surface area (Å²) in [5.41, 5.74) is 5.07. The summed E-state index contributed by atoms with van der Waals surface area (Å²) in [6, 6.07) is 7.92. The molecular weight excluding hydrogens is 330 g/mol. The van der Waals surface area contributed by atoms with Crippen LogP contribution in [0.2, 0.25) is 0 Å². The number of para-hydroxylation sites is 1. The van der Waals surface area contributed by atoms with E-state index in [1.54, 1.807) is 7.11 Å². The Hall–Kier alpha value is -3.09. The van der Waals surface area contributed by atoms with E-state index in [0.29, 0.717) is 24.5 Å². The molecule has 7 nitrogen and oxygen atoms in total. The molecule has 0 fully saturated rings. The third-order valence-corrected chi connectivity index (χ3v) is 4.90. The maximum atomic E-state index is 12.5. The van der Waals surface area contributed by atoms with Gasteiger partial charge in [0.15, 0.2) is 0 Å². The second kappa shape index (κ2) is 6.33. The number of aromatic nitrogens is 4. The quantitative estimate of drug-likeness (QED) is 0.675. The average Bonchev–Trinajstić information content (AvgIpc) is 3.16. The third kappa shape index (κ3) is 2.65. The zero-order chi connectivity index (χ0) is 18.3. The molecule has 3 N–H and O–H groups in total. The predicted molar refractivity (Wildman–Crippen MR) is 97.4 cm³/mol. The third-order valence-electron chi connectivity index (χ3n) is 4.90. The maximum absolute atomic E-state index is 12.5. The van der Waals surface area contributed by atoms with Crippen molar-refractivity contribution in [3.8, 4) is 17.1 Å². The predicted octanol–water partition coefficient (Wildman–Crippen LogP) is 2.49. The van der Waals surface area contributed by atoms with Gasteiger partial charge in [0, 0.05) is 23.9 Å². The van der Waals surface area contributed by atoms with E-state index >= 15 is 0 Å². The van der Waals surface area contributed by atoms with Crippen LogP contribution in [0.25, 0.3) is 11.4 Å². The lowest BCUT2D eigenvalue weighted by Crippen LogP contribution is -2.26. The molecule has 4 rings (SSSR count). The van der Waals surface area contributed by atoms with Crippen molar-refractivity contribution in [2.24, 2.45) is 0 Å². The number of carbonyl (C=O) groups is 1. The number of nitrogens with one attached hydrogen (secondary N) is 3. The topological polar surface area (TPSA) is 95.7 Å². The highest BCUT2D eigenvalue weighted by Gasteiger charge is 2.28. The normalized spacial score (nSPS) is 16.7. The van der Waals surface area contributed by atoms with Gasteiger partial charge in [-0.05, 0) is 31.9 Å². The lowest BCUT2D eigenvalue weighted by molar-refractivity contribution is 0.0950. The van der Waals surface area contributed by atoms with E-state index < -0.39 is 0 Å². The summed E-state index contributed by atoms with van der Waals surface area (Å²) in [7, 11) is 1.66. The molecule has 26 heavy (non-hydrogen) atoms. The van der Waals surface area contributed by atoms with Gasteiger partial charge in [0.2, 0.25) is 0 Å². The van der Waals surface area contributed by atoms with Crippen molar-refractivity contribution in [2.45, 2.75) is 26.2 Å². The molecule has 1 aliphatic rings. The minimum Gasteiger partial charge on any atom is -0.496 e. The van der Waals surface area contributed by atoms with Crippen molar-refractivity contribution >= 4 is 5.91 Å². The number of nitrogens with zero attached hydrogens (tertiary/aromatic N) is 2. The molecule has 0 radical (unpaired) electrons. The Balaban J connectivity index is 1.75. The molecule has 3 heterocycles. The average molecular weight is 351 g/mol. The van der Waals surface area contributed by atoms with E-state index in [4.69, 9.17) is 4.74 Å². The number of imidazole rings is 1. The minimum absolute atomic E-state index is 0.108. The molecule has 0 aliphatic carbocycles. The molecule has 1 amide bonds. The first-order valence-corrected chi connectivity index (χ1v) is 8.60. The highest BCUT2D eigenvalue weighted by molar-refractivity contribution is 5.94. The van der Waals surface area contributed by atoms with Crippen molar-refractivity contribution in [3.63, 3.8) is 0 Å². The second-order valence-electron chi connectivity index (χ2n) is 6.57. The Morgan fingerprint density at radius 3 is 2.77 bits per heavy atom. The van der Waals surface area contributed by atoms with Crippen molar-refractivity contribution in [1.82, 2.24) is 25.5 Å². The van der Waals surface area contributed by atoms with E-state index in [-0.39, 0.29) is 11.8 Å². The fraction of sp³-hybridized carbons (Fsp3) is 0.316. The number of hydrogen-bond donors (Lipinski definition) is 3. The highest BCUT2D eigenvalue weighted by atomic mass is 16.5. The van der Waals surface area contributed by atoms with Gasteiger partial charge in [-0.2, -0.15) is 5.10 Å². The van der Waals surface area contributed by atoms with Crippen molar-refractivity contribution in [2.75, 3.05) is 13.7 Å². The van der Waals surface area contributed by atoms with E-state index in [0.717, 1.165) is 34.0 Å². The first-order valence-electron chi connectivity index (χ1n) is 8.60. The number of fused-ring (bicyclic) bond motifs is 1. The number of carbonyl (C=O) groups excluding carboxylic acids is 1. The molecule has 0 saturated heterocycles. The summed E-state index contributed by atoms with van der Waals surface area (Å²) in [4.78, 5) is 20.5. The smallest absolute Gasteiger partial charge is 0.271 e. The van der Waals surface area contributed by atoms with Crippen LogP contribution in [0.5, 0.6) is 5.75 Å². The van der Waals surface area contributed by atoms with Gasteiger partial charge < -0.3 is 15.0 Å². The van der Waals surface area contributed by atoms with Crippen LogP contribution in [0, 0.1) is 13.8 Å². The number of amides is 1. The number of H-pyrrole nitrogens is 2. The Morgan fingerprint density at radius 2 is 2.04 bits per heavy atom. The van der Waals surface area contributed by atoms with Crippen LogP contribution in [-0.4, -0.2) is 39.7 Å². The number of hydrogen-bond acceptors (Lipinski definition) is 4. The van der Waals surface area contributed by atoms with Crippen molar-refractivity contribution < 1.29 is 9.53 Å². The monoisotopic (exact) mass is 351 g/mol. The molecule has 2 aromatic heterocycles. The summed E-state index contributed by atoms with van der Waals surface area (Å²) in [5, 5.41) is 10.2. The second-order valence-corrected chi connectivity index (χ2v) is 6.57. The highest BCUT2D eigenvalue weighted by Crippen LogP contribution is 2.32. The summed E-state index contributed by atoms with van der Waals surface area (Å²) < 4.78 is 5.50.